The van der Waals surface area contributed by atoms with Crippen molar-refractivity contribution >= 4 is 38.9 Å². The molecule has 0 bridgehead atoms. The summed E-state index contributed by atoms with van der Waals surface area (Å²) < 4.78 is 8.13. The number of rotatable bonds is 7. The Labute approximate surface area is 227 Å². The van der Waals surface area contributed by atoms with Crippen LogP contribution in [-0.2, 0) is 17.9 Å². The number of fused-ring (bicyclic) bond motifs is 3. The van der Waals surface area contributed by atoms with E-state index in [1.165, 1.54) is 0 Å². The van der Waals surface area contributed by atoms with Gasteiger partial charge >= 0.3 is 5.69 Å². The van der Waals surface area contributed by atoms with Gasteiger partial charge in [-0.3, -0.25) is 9.59 Å². The van der Waals surface area contributed by atoms with Gasteiger partial charge in [-0.2, -0.15) is 0 Å². The molecular formula is C29H28N6O5. The second kappa shape index (κ2) is 11.3. The van der Waals surface area contributed by atoms with Crippen molar-refractivity contribution in [2.45, 2.75) is 26.5 Å². The first-order valence-electron chi connectivity index (χ1n) is 12.7. The number of carbonyl (C=O) groups is 1. The lowest BCUT2D eigenvalue weighted by Crippen LogP contribution is -2.11. The molecule has 0 aliphatic rings. The maximum absolute atomic E-state index is 13.1. The Bertz CT molecular complexity index is 1930. The standard InChI is InChI=1S/C27H24N6O3.C2H4O2/c28-9-4-10-33-14-19(18-8-7-17(11-24(18)33)36-15-16-5-2-1-3-6-16)25-26(34)30-21-13-23-22(12-20(21)29-25)31-27(35)32-23;1-2(3)4/h1-3,5-8,11-14H,4,9-10,15,28H2,(H,30,34)(H2,31,32,35);1H3,(H,3,4). The molecular weight excluding hydrogens is 512 g/mol. The number of carboxylic acids is 1. The highest BCUT2D eigenvalue weighted by Crippen LogP contribution is 2.32. The van der Waals surface area contributed by atoms with Gasteiger partial charge in [-0.15, -0.1) is 0 Å². The quantitative estimate of drug-likeness (QED) is 0.205. The molecule has 40 heavy (non-hydrogen) atoms. The number of ether oxygens (including phenoxy) is 1. The van der Waals surface area contributed by atoms with Gasteiger partial charge in [0.15, 0.2) is 0 Å². The summed E-state index contributed by atoms with van der Waals surface area (Å²) in [6.07, 6.45) is 2.74. The minimum atomic E-state index is -0.833. The van der Waals surface area contributed by atoms with E-state index < -0.39 is 5.97 Å². The lowest BCUT2D eigenvalue weighted by molar-refractivity contribution is -0.134. The normalized spacial score (nSPS) is 11.1. The number of nitrogens with zero attached hydrogens (tertiary/aromatic N) is 2. The summed E-state index contributed by atoms with van der Waals surface area (Å²) in [5, 5.41) is 8.31. The molecule has 0 amide bonds. The van der Waals surface area contributed by atoms with Crippen molar-refractivity contribution in [2.24, 2.45) is 5.73 Å². The summed E-state index contributed by atoms with van der Waals surface area (Å²) in [5.74, 6) is -0.0933. The molecule has 0 radical (unpaired) electrons. The van der Waals surface area contributed by atoms with Crippen molar-refractivity contribution in [1.82, 2.24) is 24.5 Å². The Morgan fingerprint density at radius 1 is 1.00 bits per heavy atom. The number of carboxylic acid groups (broad SMARTS) is 1. The molecule has 11 heteroatoms. The molecule has 0 spiro atoms. The smallest absolute Gasteiger partial charge is 0.323 e. The average Bonchev–Trinajstić information content (AvgIpc) is 3.47. The molecule has 3 aromatic heterocycles. The Hall–Kier alpha value is -5.16. The van der Waals surface area contributed by atoms with Crippen LogP contribution in [0.2, 0.25) is 0 Å². The highest BCUT2D eigenvalue weighted by Gasteiger charge is 2.17. The van der Waals surface area contributed by atoms with E-state index in [4.69, 9.17) is 25.4 Å². The zero-order valence-corrected chi connectivity index (χ0v) is 21.7. The fourth-order valence-electron chi connectivity index (χ4n) is 4.54. The molecule has 0 aliphatic carbocycles. The summed E-state index contributed by atoms with van der Waals surface area (Å²) in [6, 6.07) is 19.3. The predicted octanol–water partition coefficient (Wildman–Crippen LogP) is 3.73. The van der Waals surface area contributed by atoms with Gasteiger partial charge in [0.1, 0.15) is 18.1 Å². The summed E-state index contributed by atoms with van der Waals surface area (Å²) in [4.78, 5) is 46.9. The zero-order valence-electron chi connectivity index (χ0n) is 21.7. The van der Waals surface area contributed by atoms with Gasteiger partial charge in [-0.1, -0.05) is 30.3 Å². The maximum atomic E-state index is 13.1. The van der Waals surface area contributed by atoms with Crippen LogP contribution in [0.1, 0.15) is 18.9 Å². The Morgan fingerprint density at radius 3 is 2.45 bits per heavy atom. The molecule has 0 aliphatic heterocycles. The van der Waals surface area contributed by atoms with Crippen molar-refractivity contribution in [1.29, 1.82) is 0 Å². The molecule has 3 heterocycles. The van der Waals surface area contributed by atoms with E-state index in [1.807, 2.05) is 54.7 Å². The van der Waals surface area contributed by atoms with Crippen molar-refractivity contribution in [3.63, 3.8) is 0 Å². The molecule has 0 unspecified atom stereocenters. The molecule has 0 saturated carbocycles. The van der Waals surface area contributed by atoms with Gasteiger partial charge in [0, 0.05) is 36.7 Å². The van der Waals surface area contributed by atoms with Gasteiger partial charge < -0.3 is 35.1 Å². The molecule has 3 aromatic carbocycles. The van der Waals surface area contributed by atoms with Crippen LogP contribution in [0.5, 0.6) is 5.75 Å². The largest absolute Gasteiger partial charge is 0.489 e. The number of H-pyrrole nitrogens is 3. The van der Waals surface area contributed by atoms with E-state index in [1.54, 1.807) is 12.1 Å². The van der Waals surface area contributed by atoms with Crippen LogP contribution in [0.25, 0.3) is 44.2 Å². The number of aryl methyl sites for hydroxylation is 1. The van der Waals surface area contributed by atoms with E-state index in [2.05, 4.69) is 19.5 Å². The van der Waals surface area contributed by atoms with Crippen molar-refractivity contribution < 1.29 is 14.6 Å². The zero-order chi connectivity index (χ0) is 28.2. The molecule has 6 aromatic rings. The summed E-state index contributed by atoms with van der Waals surface area (Å²) in [6.45, 7) is 2.80. The third-order valence-electron chi connectivity index (χ3n) is 6.29. The summed E-state index contributed by atoms with van der Waals surface area (Å²) in [7, 11) is 0. The number of nitrogens with two attached hydrogens (primary N) is 1. The number of hydrogen-bond donors (Lipinski definition) is 5. The van der Waals surface area contributed by atoms with E-state index in [9.17, 15) is 9.59 Å². The molecule has 0 fully saturated rings. The van der Waals surface area contributed by atoms with Crippen molar-refractivity contribution in [3.8, 4) is 17.0 Å². The second-order valence-corrected chi connectivity index (χ2v) is 9.26. The summed E-state index contributed by atoms with van der Waals surface area (Å²) >= 11 is 0. The Balaban J connectivity index is 0.000000758. The van der Waals surface area contributed by atoms with Gasteiger partial charge in [-0.25, -0.2) is 9.78 Å². The third kappa shape index (κ3) is 5.64. The van der Waals surface area contributed by atoms with Crippen LogP contribution >= 0.6 is 0 Å². The summed E-state index contributed by atoms with van der Waals surface area (Å²) in [5.41, 5.74) is 10.6. The molecule has 11 nitrogen and oxygen atoms in total. The lowest BCUT2D eigenvalue weighted by atomic mass is 10.1. The number of benzene rings is 3. The predicted molar refractivity (Wildman–Crippen MR) is 154 cm³/mol. The lowest BCUT2D eigenvalue weighted by Gasteiger charge is -2.08. The number of imidazole rings is 1. The van der Waals surface area contributed by atoms with Gasteiger partial charge in [0.25, 0.3) is 11.5 Å². The molecule has 0 atom stereocenters. The van der Waals surface area contributed by atoms with Crippen molar-refractivity contribution in [3.05, 3.63) is 93.3 Å². The number of aromatic amines is 3. The van der Waals surface area contributed by atoms with Gasteiger partial charge in [0.2, 0.25) is 0 Å². The van der Waals surface area contributed by atoms with Gasteiger partial charge in [0.05, 0.1) is 27.6 Å². The van der Waals surface area contributed by atoms with Crippen LogP contribution < -0.4 is 21.7 Å². The SMILES string of the molecule is CC(=O)O.NCCCn1cc(-c2nc3cc4[nH]c(=O)[nH]c4cc3[nH]c2=O)c2ccc(OCc3ccccc3)cc21. The van der Waals surface area contributed by atoms with Crippen LogP contribution in [0.15, 0.2) is 76.4 Å². The highest BCUT2D eigenvalue weighted by atomic mass is 16.5. The maximum Gasteiger partial charge on any atom is 0.323 e. The Kier molecular flexibility index (Phi) is 7.47. The Morgan fingerprint density at radius 2 is 1.73 bits per heavy atom. The minimum absolute atomic E-state index is 0.304. The first-order chi connectivity index (χ1) is 19.3. The van der Waals surface area contributed by atoms with Crippen LogP contribution in [0.4, 0.5) is 0 Å². The van der Waals surface area contributed by atoms with Crippen molar-refractivity contribution in [2.75, 3.05) is 6.54 Å². The van der Waals surface area contributed by atoms with Crippen LogP contribution in [0.3, 0.4) is 0 Å². The second-order valence-electron chi connectivity index (χ2n) is 9.26. The van der Waals surface area contributed by atoms with Crippen LogP contribution in [0, 0.1) is 0 Å². The minimum Gasteiger partial charge on any atom is -0.489 e. The van der Waals surface area contributed by atoms with E-state index in [0.29, 0.717) is 47.5 Å². The fourth-order valence-corrected chi connectivity index (χ4v) is 4.54. The third-order valence-corrected chi connectivity index (χ3v) is 6.29. The highest BCUT2D eigenvalue weighted by molar-refractivity contribution is 5.97. The monoisotopic (exact) mass is 540 g/mol. The fraction of sp³-hybridized carbons (Fsp3) is 0.172. The van der Waals surface area contributed by atoms with E-state index in [-0.39, 0.29) is 11.2 Å². The molecule has 6 N–H and O–H groups in total. The number of nitrogens with one attached hydrogen (secondary N) is 3. The van der Waals surface area contributed by atoms with Crippen LogP contribution in [-0.4, -0.2) is 42.1 Å². The average molecular weight is 541 g/mol. The number of aliphatic carboxylic acids is 1. The number of hydrogen-bond acceptors (Lipinski definition) is 6. The topological polar surface area (TPSA) is 172 Å². The molecule has 204 valence electrons. The number of aromatic nitrogens is 5. The molecule has 6 rings (SSSR count). The molecule has 0 saturated heterocycles. The van der Waals surface area contributed by atoms with E-state index in [0.717, 1.165) is 41.1 Å². The van der Waals surface area contributed by atoms with E-state index >= 15 is 0 Å². The first kappa shape index (κ1) is 26.4. The van der Waals surface area contributed by atoms with Gasteiger partial charge in [-0.05, 0) is 42.8 Å². The first-order valence-corrected chi connectivity index (χ1v) is 12.7.